The molecule has 2 aliphatic rings. The lowest BCUT2D eigenvalue weighted by molar-refractivity contribution is -0.907. The molecule has 1 amide bonds. The second kappa shape index (κ2) is 10.0. The van der Waals surface area contributed by atoms with Crippen LogP contribution in [0.15, 0.2) is 35.6 Å². The number of methoxy groups -OCH3 is 1. The quantitative estimate of drug-likeness (QED) is 0.428. The first-order chi connectivity index (χ1) is 16.3. The smallest absolute Gasteiger partial charge is 0.337 e. The number of Topliss-reactive ketones (excluding diaryl/α,β-unsaturated/α-hetero) is 1. The van der Waals surface area contributed by atoms with E-state index < -0.39 is 29.5 Å². The van der Waals surface area contributed by atoms with E-state index in [4.69, 9.17) is 9.47 Å². The number of hydrogen-bond donors (Lipinski definition) is 1. The number of nitrogens with zero attached hydrogens (tertiary/aromatic N) is 2. The first-order valence-corrected chi connectivity index (χ1v) is 11.9. The number of hydrogen-bond acceptors (Lipinski definition) is 8. The SMILES string of the molecule is COC(=O)c1ccc(C2C(C(=O)c3sc(C)nc3C)=C([O-])C(=O)N2CC[NH+]2CCOCC2)cc1. The van der Waals surface area contributed by atoms with Gasteiger partial charge in [-0.05, 0) is 37.3 Å². The van der Waals surface area contributed by atoms with Crippen LogP contribution in [0.4, 0.5) is 0 Å². The number of ether oxygens (including phenoxy) is 2. The van der Waals surface area contributed by atoms with Gasteiger partial charge in [-0.3, -0.25) is 9.59 Å². The number of aryl methyl sites for hydroxylation is 2. The minimum Gasteiger partial charge on any atom is -0.868 e. The topological polar surface area (TPSA) is 113 Å². The maximum Gasteiger partial charge on any atom is 0.337 e. The molecule has 0 aliphatic carbocycles. The Morgan fingerprint density at radius 3 is 2.50 bits per heavy atom. The molecule has 0 bridgehead atoms. The summed E-state index contributed by atoms with van der Waals surface area (Å²) in [5, 5.41) is 13.9. The van der Waals surface area contributed by atoms with Gasteiger partial charge in [0.15, 0.2) is 0 Å². The van der Waals surface area contributed by atoms with Crippen LogP contribution >= 0.6 is 11.3 Å². The Hall–Kier alpha value is -3.08. The second-order valence-electron chi connectivity index (χ2n) is 8.35. The number of rotatable bonds is 7. The summed E-state index contributed by atoms with van der Waals surface area (Å²) >= 11 is 1.21. The predicted octanol–water partition coefficient (Wildman–Crippen LogP) is -0.158. The number of morpholine rings is 1. The Balaban J connectivity index is 1.70. The number of carbonyl (C=O) groups excluding carboxylic acids is 3. The molecule has 2 aromatic rings. The van der Waals surface area contributed by atoms with Gasteiger partial charge in [-0.15, -0.1) is 11.3 Å². The number of amides is 1. The predicted molar refractivity (Wildman–Crippen MR) is 122 cm³/mol. The lowest BCUT2D eigenvalue weighted by Crippen LogP contribution is -3.14. The third-order valence-corrected chi connectivity index (χ3v) is 7.26. The van der Waals surface area contributed by atoms with Crippen molar-refractivity contribution in [3.8, 4) is 0 Å². The van der Waals surface area contributed by atoms with Crippen LogP contribution in [0.5, 0.6) is 0 Å². The Morgan fingerprint density at radius 2 is 1.91 bits per heavy atom. The van der Waals surface area contributed by atoms with E-state index in [1.165, 1.54) is 28.2 Å². The van der Waals surface area contributed by atoms with Gasteiger partial charge in [-0.25, -0.2) is 9.78 Å². The van der Waals surface area contributed by atoms with Gasteiger partial charge in [-0.2, -0.15) is 0 Å². The Bertz CT molecular complexity index is 1130. The Labute approximate surface area is 201 Å². The minimum absolute atomic E-state index is 0.0699. The van der Waals surface area contributed by atoms with Gasteiger partial charge in [0.05, 0.1) is 60.6 Å². The minimum atomic E-state index is -0.832. The summed E-state index contributed by atoms with van der Waals surface area (Å²) in [6, 6.07) is 5.64. The molecule has 3 heterocycles. The largest absolute Gasteiger partial charge is 0.868 e. The summed E-state index contributed by atoms with van der Waals surface area (Å²) in [4.78, 5) is 45.9. The van der Waals surface area contributed by atoms with Gasteiger partial charge in [0, 0.05) is 5.57 Å². The fraction of sp³-hybridized carbons (Fsp3) is 0.417. The lowest BCUT2D eigenvalue weighted by atomic mass is 9.94. The van der Waals surface area contributed by atoms with Gasteiger partial charge in [-0.1, -0.05) is 12.1 Å². The van der Waals surface area contributed by atoms with Crippen LogP contribution < -0.4 is 10.0 Å². The number of ketones is 1. The molecule has 1 N–H and O–H groups in total. The van der Waals surface area contributed by atoms with E-state index in [1.54, 1.807) is 38.1 Å². The number of nitrogens with one attached hydrogen (secondary N) is 1. The van der Waals surface area contributed by atoms with Crippen molar-refractivity contribution in [2.75, 3.05) is 46.5 Å². The fourth-order valence-electron chi connectivity index (χ4n) is 4.42. The molecule has 1 aromatic heterocycles. The monoisotopic (exact) mass is 485 g/mol. The molecule has 1 saturated heterocycles. The van der Waals surface area contributed by atoms with Gasteiger partial charge in [0.1, 0.15) is 13.1 Å². The van der Waals surface area contributed by atoms with Crippen LogP contribution in [0.25, 0.3) is 0 Å². The molecule has 1 aromatic carbocycles. The summed E-state index contributed by atoms with van der Waals surface area (Å²) in [6.07, 6.45) is 0. The summed E-state index contributed by atoms with van der Waals surface area (Å²) in [6.45, 7) is 7.42. The van der Waals surface area contributed by atoms with Crippen LogP contribution in [-0.2, 0) is 14.3 Å². The van der Waals surface area contributed by atoms with E-state index >= 15 is 0 Å². The van der Waals surface area contributed by atoms with Crippen molar-refractivity contribution in [3.05, 3.63) is 62.3 Å². The van der Waals surface area contributed by atoms with Crippen LogP contribution in [0.1, 0.15) is 42.3 Å². The lowest BCUT2D eigenvalue weighted by Gasteiger charge is -2.30. The van der Waals surface area contributed by atoms with Crippen LogP contribution in [0, 0.1) is 13.8 Å². The third kappa shape index (κ3) is 4.61. The van der Waals surface area contributed by atoms with E-state index in [-0.39, 0.29) is 5.57 Å². The highest BCUT2D eigenvalue weighted by Crippen LogP contribution is 2.39. The Morgan fingerprint density at radius 1 is 1.24 bits per heavy atom. The van der Waals surface area contributed by atoms with Crippen molar-refractivity contribution in [1.82, 2.24) is 9.88 Å². The first kappa shape index (κ1) is 24.1. The van der Waals surface area contributed by atoms with Crippen LogP contribution in [-0.4, -0.2) is 74.0 Å². The normalized spacial score (nSPS) is 19.1. The Kier molecular flexibility index (Phi) is 7.11. The molecule has 1 fully saturated rings. The van der Waals surface area contributed by atoms with Crippen molar-refractivity contribution < 1.29 is 33.9 Å². The average molecular weight is 486 g/mol. The number of thiazole rings is 1. The fourth-order valence-corrected chi connectivity index (χ4v) is 5.29. The molecule has 1 unspecified atom stereocenters. The van der Waals surface area contributed by atoms with E-state index in [2.05, 4.69) is 4.98 Å². The van der Waals surface area contributed by atoms with Crippen molar-refractivity contribution >= 4 is 29.0 Å². The summed E-state index contributed by atoms with van der Waals surface area (Å²) in [7, 11) is 1.30. The zero-order valence-corrected chi connectivity index (χ0v) is 20.2. The molecule has 0 spiro atoms. The maximum atomic E-state index is 13.5. The van der Waals surface area contributed by atoms with Gasteiger partial charge in [0.25, 0.3) is 0 Å². The molecular weight excluding hydrogens is 458 g/mol. The van der Waals surface area contributed by atoms with Crippen molar-refractivity contribution in [3.63, 3.8) is 0 Å². The zero-order valence-electron chi connectivity index (χ0n) is 19.4. The summed E-state index contributed by atoms with van der Waals surface area (Å²) < 4.78 is 10.2. The summed E-state index contributed by atoms with van der Waals surface area (Å²) in [5.41, 5.74) is 1.40. The van der Waals surface area contributed by atoms with E-state index in [0.29, 0.717) is 53.0 Å². The van der Waals surface area contributed by atoms with E-state index in [9.17, 15) is 19.5 Å². The van der Waals surface area contributed by atoms with E-state index in [0.717, 1.165) is 13.1 Å². The molecule has 180 valence electrons. The first-order valence-electron chi connectivity index (χ1n) is 11.1. The van der Waals surface area contributed by atoms with Crippen molar-refractivity contribution in [2.45, 2.75) is 19.9 Å². The van der Waals surface area contributed by atoms with Crippen molar-refractivity contribution in [1.29, 1.82) is 0 Å². The molecule has 34 heavy (non-hydrogen) atoms. The highest BCUT2D eigenvalue weighted by atomic mass is 32.1. The van der Waals surface area contributed by atoms with Crippen molar-refractivity contribution in [2.24, 2.45) is 0 Å². The number of quaternary nitrogens is 1. The van der Waals surface area contributed by atoms with E-state index in [1.807, 2.05) is 0 Å². The second-order valence-corrected chi connectivity index (χ2v) is 9.55. The number of esters is 1. The molecule has 0 saturated carbocycles. The standard InChI is InChI=1S/C24H27N3O6S/c1-14-22(34-15(2)25-14)20(28)18-19(16-4-6-17(7-5-16)24(31)32-3)27(23(30)21(18)29)9-8-26-10-12-33-13-11-26/h4-7,19,29H,8-13H2,1-3H3. The molecule has 2 aliphatic heterocycles. The number of aromatic nitrogens is 1. The molecule has 0 radical (unpaired) electrons. The zero-order chi connectivity index (χ0) is 24.4. The number of benzene rings is 1. The highest BCUT2D eigenvalue weighted by molar-refractivity contribution is 7.14. The average Bonchev–Trinajstić information content (AvgIpc) is 3.32. The van der Waals surface area contributed by atoms with Crippen LogP contribution in [0.3, 0.4) is 0 Å². The van der Waals surface area contributed by atoms with Gasteiger partial charge < -0.3 is 24.4 Å². The van der Waals surface area contributed by atoms with Gasteiger partial charge in [0.2, 0.25) is 11.7 Å². The van der Waals surface area contributed by atoms with Crippen LogP contribution in [0.2, 0.25) is 0 Å². The highest BCUT2D eigenvalue weighted by Gasteiger charge is 2.40. The molecule has 9 nitrogen and oxygen atoms in total. The molecule has 1 atom stereocenters. The molecule has 4 rings (SSSR count). The van der Waals surface area contributed by atoms with Gasteiger partial charge >= 0.3 is 5.97 Å². The summed E-state index contributed by atoms with van der Waals surface area (Å²) in [5.74, 6) is -2.43. The molecule has 10 heteroatoms. The third-order valence-electron chi connectivity index (χ3n) is 6.19. The molecular formula is C24H27N3O6S. The number of carbonyl (C=O) groups is 3. The maximum absolute atomic E-state index is 13.5.